The first-order chi connectivity index (χ1) is 15.7. The van der Waals surface area contributed by atoms with Crippen LogP contribution in [0.4, 0.5) is 4.39 Å². The molecule has 3 aromatic heterocycles. The molecule has 3 heterocycles. The van der Waals surface area contributed by atoms with Crippen LogP contribution in [-0.2, 0) is 5.41 Å². The number of halogens is 1. The molecular formula is C25H22FN3O3S. The second kappa shape index (κ2) is 9.07. The van der Waals surface area contributed by atoms with Gasteiger partial charge in [0.05, 0.1) is 16.1 Å². The number of aromatic nitrogens is 2. The van der Waals surface area contributed by atoms with Crippen molar-refractivity contribution in [3.8, 4) is 21.9 Å². The van der Waals surface area contributed by atoms with E-state index in [-0.39, 0.29) is 17.5 Å². The average molecular weight is 464 g/mol. The van der Waals surface area contributed by atoms with Gasteiger partial charge in [-0.3, -0.25) is 14.6 Å². The maximum absolute atomic E-state index is 13.2. The molecule has 33 heavy (non-hydrogen) atoms. The van der Waals surface area contributed by atoms with Crippen molar-refractivity contribution in [2.75, 3.05) is 6.54 Å². The van der Waals surface area contributed by atoms with E-state index in [1.54, 1.807) is 36.7 Å². The molecule has 0 saturated carbocycles. The van der Waals surface area contributed by atoms with Crippen LogP contribution in [0, 0.1) is 5.82 Å². The largest absolute Gasteiger partial charge is 0.444 e. The van der Waals surface area contributed by atoms with Gasteiger partial charge >= 0.3 is 0 Å². The Kier molecular flexibility index (Phi) is 6.20. The maximum atomic E-state index is 13.2. The van der Waals surface area contributed by atoms with Gasteiger partial charge in [-0.1, -0.05) is 13.8 Å². The lowest BCUT2D eigenvalue weighted by Crippen LogP contribution is -2.37. The van der Waals surface area contributed by atoms with E-state index in [4.69, 9.17) is 4.42 Å². The number of amides is 1. The molecular weight excluding hydrogens is 441 g/mol. The molecule has 0 fully saturated rings. The molecule has 0 saturated heterocycles. The Balaban J connectivity index is 1.45. The predicted molar refractivity (Wildman–Crippen MR) is 125 cm³/mol. The van der Waals surface area contributed by atoms with Gasteiger partial charge in [-0.2, -0.15) is 0 Å². The number of thiophene rings is 1. The molecule has 168 valence electrons. The second-order valence-electron chi connectivity index (χ2n) is 8.29. The smallest absolute Gasteiger partial charge is 0.252 e. The maximum Gasteiger partial charge on any atom is 0.252 e. The summed E-state index contributed by atoms with van der Waals surface area (Å²) in [6.45, 7) is 5.74. The molecule has 0 atom stereocenters. The topological polar surface area (TPSA) is 85.1 Å². The van der Waals surface area contributed by atoms with Crippen LogP contribution in [0.25, 0.3) is 21.9 Å². The number of oxazole rings is 1. The quantitative estimate of drug-likeness (QED) is 0.365. The van der Waals surface area contributed by atoms with Crippen LogP contribution in [0.15, 0.2) is 65.5 Å². The fourth-order valence-electron chi connectivity index (χ4n) is 3.18. The predicted octanol–water partition coefficient (Wildman–Crippen LogP) is 5.51. The zero-order valence-corrected chi connectivity index (χ0v) is 19.2. The average Bonchev–Trinajstić information content (AvgIpc) is 3.49. The van der Waals surface area contributed by atoms with Crippen molar-refractivity contribution in [1.82, 2.24) is 15.3 Å². The van der Waals surface area contributed by atoms with Crippen molar-refractivity contribution >= 4 is 23.0 Å². The van der Waals surface area contributed by atoms with Gasteiger partial charge in [-0.15, -0.1) is 11.3 Å². The number of ketones is 1. The summed E-state index contributed by atoms with van der Waals surface area (Å²) in [5, 5.41) is 2.94. The van der Waals surface area contributed by atoms with Gasteiger partial charge in [0.2, 0.25) is 5.89 Å². The molecule has 1 N–H and O–H groups in total. The normalized spacial score (nSPS) is 11.4. The number of Topliss-reactive ketones (excluding diaryl/α,β-unsaturated/α-hetero) is 1. The molecule has 0 aliphatic rings. The van der Waals surface area contributed by atoms with Gasteiger partial charge in [-0.05, 0) is 49.4 Å². The van der Waals surface area contributed by atoms with Crippen molar-refractivity contribution in [3.63, 3.8) is 0 Å². The molecule has 0 unspecified atom stereocenters. The Morgan fingerprint density at radius 3 is 2.55 bits per heavy atom. The number of hydrogen-bond donors (Lipinski definition) is 1. The summed E-state index contributed by atoms with van der Waals surface area (Å²) in [7, 11) is 0. The van der Waals surface area contributed by atoms with Crippen molar-refractivity contribution in [1.29, 1.82) is 0 Å². The second-order valence-corrected chi connectivity index (χ2v) is 9.38. The standard InChI is InChI=1S/C25H22FN3O3S/c1-15(30)20-8-9-21(33-20)17-10-18(12-27-11-17)23(31)28-14-25(2,3)22-13-32-24(29-22)16-4-6-19(26)7-5-16/h4-13H,14H2,1-3H3,(H,28,31). The van der Waals surface area contributed by atoms with Crippen LogP contribution in [0.2, 0.25) is 0 Å². The lowest BCUT2D eigenvalue weighted by atomic mass is 9.90. The summed E-state index contributed by atoms with van der Waals surface area (Å²) in [4.78, 5) is 34.6. The number of pyridine rings is 1. The highest BCUT2D eigenvalue weighted by Crippen LogP contribution is 2.29. The fraction of sp³-hybridized carbons (Fsp3) is 0.200. The van der Waals surface area contributed by atoms with Gasteiger partial charge in [0, 0.05) is 40.4 Å². The van der Waals surface area contributed by atoms with Gasteiger partial charge in [0.1, 0.15) is 12.1 Å². The minimum atomic E-state index is -0.507. The highest BCUT2D eigenvalue weighted by Gasteiger charge is 2.26. The molecule has 0 aliphatic carbocycles. The molecule has 0 aliphatic heterocycles. The molecule has 0 bridgehead atoms. The van der Waals surface area contributed by atoms with E-state index in [2.05, 4.69) is 15.3 Å². The van der Waals surface area contributed by atoms with E-state index in [1.165, 1.54) is 36.6 Å². The SMILES string of the molecule is CC(=O)c1ccc(-c2cncc(C(=O)NCC(C)(C)c3coc(-c4ccc(F)cc4)n3)c2)s1. The highest BCUT2D eigenvalue weighted by molar-refractivity contribution is 7.17. The van der Waals surface area contributed by atoms with Gasteiger partial charge in [0.15, 0.2) is 5.78 Å². The lowest BCUT2D eigenvalue weighted by molar-refractivity contribution is 0.0944. The van der Waals surface area contributed by atoms with Crippen LogP contribution in [0.5, 0.6) is 0 Å². The van der Waals surface area contributed by atoms with Crippen LogP contribution in [0.1, 0.15) is 46.5 Å². The van der Waals surface area contributed by atoms with E-state index >= 15 is 0 Å². The number of carbonyl (C=O) groups excluding carboxylic acids is 2. The van der Waals surface area contributed by atoms with E-state index in [0.717, 1.165) is 10.4 Å². The lowest BCUT2D eigenvalue weighted by Gasteiger charge is -2.22. The summed E-state index contributed by atoms with van der Waals surface area (Å²) < 4.78 is 18.7. The third kappa shape index (κ3) is 5.06. The number of hydrogen-bond acceptors (Lipinski definition) is 6. The number of nitrogens with one attached hydrogen (secondary N) is 1. The first-order valence-electron chi connectivity index (χ1n) is 10.3. The first-order valence-corrected chi connectivity index (χ1v) is 11.1. The van der Waals surface area contributed by atoms with E-state index in [9.17, 15) is 14.0 Å². The summed E-state index contributed by atoms with van der Waals surface area (Å²) in [6.07, 6.45) is 4.73. The minimum absolute atomic E-state index is 0.00535. The Morgan fingerprint density at radius 1 is 1.09 bits per heavy atom. The number of benzene rings is 1. The van der Waals surface area contributed by atoms with Gasteiger partial charge < -0.3 is 9.73 Å². The number of nitrogens with zero attached hydrogens (tertiary/aromatic N) is 2. The molecule has 6 nitrogen and oxygen atoms in total. The van der Waals surface area contributed by atoms with Crippen LogP contribution >= 0.6 is 11.3 Å². The van der Waals surface area contributed by atoms with Gasteiger partial charge in [0.25, 0.3) is 5.91 Å². The number of rotatable bonds is 7. The van der Waals surface area contributed by atoms with Crippen LogP contribution in [0.3, 0.4) is 0 Å². The van der Waals surface area contributed by atoms with Crippen molar-refractivity contribution < 1.29 is 18.4 Å². The van der Waals surface area contributed by atoms with Crippen molar-refractivity contribution in [3.05, 3.63) is 83.1 Å². The molecule has 4 rings (SSSR count). The Labute approximate surface area is 194 Å². The first kappa shape index (κ1) is 22.5. The van der Waals surface area contributed by atoms with Crippen LogP contribution in [-0.4, -0.2) is 28.2 Å². The zero-order valence-electron chi connectivity index (χ0n) is 18.4. The highest BCUT2D eigenvalue weighted by atomic mass is 32.1. The zero-order chi connectivity index (χ0) is 23.6. The van der Waals surface area contributed by atoms with E-state index < -0.39 is 5.41 Å². The third-order valence-corrected chi connectivity index (χ3v) is 6.45. The minimum Gasteiger partial charge on any atom is -0.444 e. The van der Waals surface area contributed by atoms with Crippen molar-refractivity contribution in [2.45, 2.75) is 26.2 Å². The van der Waals surface area contributed by atoms with E-state index in [1.807, 2.05) is 19.9 Å². The molecule has 1 aromatic carbocycles. The Bertz CT molecular complexity index is 1310. The molecule has 8 heteroatoms. The fourth-order valence-corrected chi connectivity index (χ4v) is 4.07. The summed E-state index contributed by atoms with van der Waals surface area (Å²) >= 11 is 1.37. The van der Waals surface area contributed by atoms with Gasteiger partial charge in [-0.25, -0.2) is 9.37 Å². The third-order valence-electron chi connectivity index (χ3n) is 5.22. The molecule has 1 amide bonds. The summed E-state index contributed by atoms with van der Waals surface area (Å²) in [5.74, 6) is -0.193. The summed E-state index contributed by atoms with van der Waals surface area (Å²) in [6, 6.07) is 11.3. The van der Waals surface area contributed by atoms with Crippen molar-refractivity contribution in [2.24, 2.45) is 0 Å². The Morgan fingerprint density at radius 2 is 1.85 bits per heavy atom. The Hall–Kier alpha value is -3.65. The molecule has 0 radical (unpaired) electrons. The number of carbonyl (C=O) groups is 2. The summed E-state index contributed by atoms with van der Waals surface area (Å²) in [5.41, 5.74) is 2.04. The molecule has 4 aromatic rings. The molecule has 0 spiro atoms. The van der Waals surface area contributed by atoms with Crippen LogP contribution < -0.4 is 5.32 Å². The van der Waals surface area contributed by atoms with E-state index in [0.29, 0.717) is 34.1 Å². The monoisotopic (exact) mass is 463 g/mol.